The van der Waals surface area contributed by atoms with Crippen molar-refractivity contribution in [3.63, 3.8) is 0 Å². The van der Waals surface area contributed by atoms with E-state index in [0.717, 1.165) is 0 Å². The van der Waals surface area contributed by atoms with Gasteiger partial charge < -0.3 is 19.0 Å². The molecule has 84 valence electrons. The largest absolute Gasteiger partial charge is 0.502 e. The Bertz CT molecular complexity index is 585. The molecule has 5 heteroatoms. The molecule has 0 atom stereocenters. The maximum absolute atomic E-state index is 11.1. The van der Waals surface area contributed by atoms with Crippen molar-refractivity contribution in [3.8, 4) is 17.2 Å². The highest BCUT2D eigenvalue weighted by Crippen LogP contribution is 2.32. The standard InChI is InChI=1S/C11H10O5/c1-14-9-4-6-3-7(12)11(13)16-8(6)5-10(9)15-2/h3-5,12H,1-2H3. The van der Waals surface area contributed by atoms with Gasteiger partial charge in [0.1, 0.15) is 5.58 Å². The van der Waals surface area contributed by atoms with E-state index in [4.69, 9.17) is 13.9 Å². The predicted molar refractivity (Wildman–Crippen MR) is 57.3 cm³/mol. The topological polar surface area (TPSA) is 68.9 Å². The molecule has 1 aromatic carbocycles. The van der Waals surface area contributed by atoms with Gasteiger partial charge in [0.15, 0.2) is 11.5 Å². The first-order chi connectivity index (χ1) is 7.65. The van der Waals surface area contributed by atoms with Crippen molar-refractivity contribution in [3.05, 3.63) is 28.6 Å². The Kier molecular flexibility index (Phi) is 2.44. The maximum atomic E-state index is 11.1. The summed E-state index contributed by atoms with van der Waals surface area (Å²) in [5.74, 6) is 0.534. The molecule has 5 nitrogen and oxygen atoms in total. The molecule has 0 bridgehead atoms. The van der Waals surface area contributed by atoms with Crippen molar-refractivity contribution < 1.29 is 19.0 Å². The molecule has 2 aromatic rings. The number of methoxy groups -OCH3 is 2. The quantitative estimate of drug-likeness (QED) is 0.780. The number of fused-ring (bicyclic) bond motifs is 1. The fraction of sp³-hybridized carbons (Fsp3) is 0.182. The van der Waals surface area contributed by atoms with Crippen molar-refractivity contribution in [1.29, 1.82) is 0 Å². The number of benzene rings is 1. The Hall–Kier alpha value is -2.17. The molecular weight excluding hydrogens is 212 g/mol. The maximum Gasteiger partial charge on any atom is 0.378 e. The summed E-state index contributed by atoms with van der Waals surface area (Å²) in [6.07, 6.45) is 0. The van der Waals surface area contributed by atoms with Crippen molar-refractivity contribution >= 4 is 11.0 Å². The molecule has 0 aliphatic carbocycles. The van der Waals surface area contributed by atoms with Crippen LogP contribution < -0.4 is 15.1 Å². The van der Waals surface area contributed by atoms with Crippen molar-refractivity contribution in [1.82, 2.24) is 0 Å². The van der Waals surface area contributed by atoms with Crippen LogP contribution in [0.2, 0.25) is 0 Å². The average Bonchev–Trinajstić information content (AvgIpc) is 2.29. The zero-order valence-corrected chi connectivity index (χ0v) is 8.81. The van der Waals surface area contributed by atoms with Gasteiger partial charge >= 0.3 is 5.63 Å². The number of aromatic hydroxyl groups is 1. The van der Waals surface area contributed by atoms with Crippen LogP contribution in [0.5, 0.6) is 17.2 Å². The minimum absolute atomic E-state index is 0.334. The van der Waals surface area contributed by atoms with Crippen molar-refractivity contribution in [2.45, 2.75) is 0 Å². The van der Waals surface area contributed by atoms with E-state index in [2.05, 4.69) is 0 Å². The molecule has 1 heterocycles. The molecule has 0 amide bonds. The van der Waals surface area contributed by atoms with Gasteiger partial charge in [0.05, 0.1) is 14.2 Å². The van der Waals surface area contributed by atoms with Gasteiger partial charge in [-0.05, 0) is 12.1 Å². The SMILES string of the molecule is COc1cc2cc(O)c(=O)oc2cc1OC. The second-order valence-corrected chi connectivity index (χ2v) is 3.16. The lowest BCUT2D eigenvalue weighted by molar-refractivity contribution is 0.354. The summed E-state index contributed by atoms with van der Waals surface area (Å²) in [5, 5.41) is 9.79. The lowest BCUT2D eigenvalue weighted by Gasteiger charge is -2.08. The first kappa shape index (κ1) is 10.4. The Morgan fingerprint density at radius 2 is 1.75 bits per heavy atom. The van der Waals surface area contributed by atoms with Crippen LogP contribution >= 0.6 is 0 Å². The van der Waals surface area contributed by atoms with E-state index in [9.17, 15) is 9.90 Å². The lowest BCUT2D eigenvalue weighted by Crippen LogP contribution is -1.98. The van der Waals surface area contributed by atoms with Gasteiger partial charge in [-0.15, -0.1) is 0 Å². The van der Waals surface area contributed by atoms with Crippen LogP contribution in [0.25, 0.3) is 11.0 Å². The van der Waals surface area contributed by atoms with Gasteiger partial charge in [-0.25, -0.2) is 4.79 Å². The van der Waals surface area contributed by atoms with Crippen LogP contribution in [0.15, 0.2) is 27.4 Å². The normalized spacial score (nSPS) is 10.4. The molecule has 0 fully saturated rings. The van der Waals surface area contributed by atoms with Crippen molar-refractivity contribution in [2.24, 2.45) is 0 Å². The molecular formula is C11H10O5. The van der Waals surface area contributed by atoms with E-state index in [1.54, 1.807) is 6.07 Å². The molecule has 0 saturated carbocycles. The fourth-order valence-corrected chi connectivity index (χ4v) is 1.44. The molecule has 0 spiro atoms. The summed E-state index contributed by atoms with van der Waals surface area (Å²) in [7, 11) is 2.99. The first-order valence-corrected chi connectivity index (χ1v) is 4.54. The minimum Gasteiger partial charge on any atom is -0.502 e. The van der Waals surface area contributed by atoms with E-state index < -0.39 is 11.4 Å². The van der Waals surface area contributed by atoms with Crippen LogP contribution in [-0.2, 0) is 0 Å². The summed E-state index contributed by atoms with van der Waals surface area (Å²) >= 11 is 0. The van der Waals surface area contributed by atoms with Crippen LogP contribution in [0.1, 0.15) is 0 Å². The highest BCUT2D eigenvalue weighted by atomic mass is 16.5. The fourth-order valence-electron chi connectivity index (χ4n) is 1.44. The predicted octanol–water partition coefficient (Wildman–Crippen LogP) is 1.52. The molecule has 0 aliphatic rings. The smallest absolute Gasteiger partial charge is 0.378 e. The third-order valence-electron chi connectivity index (χ3n) is 2.22. The van der Waals surface area contributed by atoms with Crippen LogP contribution in [-0.4, -0.2) is 19.3 Å². The number of rotatable bonds is 2. The monoisotopic (exact) mass is 222 g/mol. The molecule has 1 aromatic heterocycles. The number of ether oxygens (including phenoxy) is 2. The van der Waals surface area contributed by atoms with E-state index in [-0.39, 0.29) is 0 Å². The minimum atomic E-state index is -0.778. The van der Waals surface area contributed by atoms with Gasteiger partial charge in [-0.2, -0.15) is 0 Å². The Balaban J connectivity index is 2.78. The Morgan fingerprint density at radius 3 is 2.38 bits per heavy atom. The molecule has 1 N–H and O–H groups in total. The zero-order valence-electron chi connectivity index (χ0n) is 8.81. The van der Waals surface area contributed by atoms with Gasteiger partial charge in [-0.1, -0.05) is 0 Å². The third-order valence-corrected chi connectivity index (χ3v) is 2.22. The third kappa shape index (κ3) is 1.56. The van der Waals surface area contributed by atoms with Gasteiger partial charge in [0.25, 0.3) is 0 Å². The number of hydrogen-bond donors (Lipinski definition) is 1. The zero-order chi connectivity index (χ0) is 11.7. The lowest BCUT2D eigenvalue weighted by atomic mass is 10.2. The molecule has 0 saturated heterocycles. The van der Waals surface area contributed by atoms with Gasteiger partial charge in [0.2, 0.25) is 5.75 Å². The van der Waals surface area contributed by atoms with Crippen molar-refractivity contribution in [2.75, 3.05) is 14.2 Å². The van der Waals surface area contributed by atoms with Gasteiger partial charge in [-0.3, -0.25) is 0 Å². The van der Waals surface area contributed by atoms with E-state index in [0.29, 0.717) is 22.5 Å². The summed E-state index contributed by atoms with van der Waals surface area (Å²) in [4.78, 5) is 11.1. The van der Waals surface area contributed by atoms with E-state index in [1.807, 2.05) is 0 Å². The summed E-state index contributed by atoms with van der Waals surface area (Å²) in [6.45, 7) is 0. The second-order valence-electron chi connectivity index (χ2n) is 3.16. The summed E-state index contributed by atoms with van der Waals surface area (Å²) in [5.41, 5.74) is -0.444. The number of hydrogen-bond acceptors (Lipinski definition) is 5. The highest BCUT2D eigenvalue weighted by molar-refractivity contribution is 5.81. The average molecular weight is 222 g/mol. The highest BCUT2D eigenvalue weighted by Gasteiger charge is 2.09. The molecule has 0 radical (unpaired) electrons. The van der Waals surface area contributed by atoms with E-state index in [1.165, 1.54) is 26.4 Å². The Morgan fingerprint density at radius 1 is 1.12 bits per heavy atom. The molecule has 2 rings (SSSR count). The second kappa shape index (κ2) is 3.77. The summed E-state index contributed by atoms with van der Waals surface area (Å²) in [6, 6.07) is 4.48. The van der Waals surface area contributed by atoms with Gasteiger partial charge in [0, 0.05) is 11.5 Å². The van der Waals surface area contributed by atoms with Crippen LogP contribution in [0.4, 0.5) is 0 Å². The van der Waals surface area contributed by atoms with Crippen LogP contribution in [0, 0.1) is 0 Å². The Labute approximate surface area is 90.8 Å². The molecule has 0 aliphatic heterocycles. The van der Waals surface area contributed by atoms with E-state index >= 15 is 0 Å². The summed E-state index contributed by atoms with van der Waals surface area (Å²) < 4.78 is 15.0. The molecule has 16 heavy (non-hydrogen) atoms. The van der Waals surface area contributed by atoms with Crippen LogP contribution in [0.3, 0.4) is 0 Å². The molecule has 0 unspecified atom stereocenters. The first-order valence-electron chi connectivity index (χ1n) is 4.54.